The molecular formula is C20H23N3O2. The molecule has 5 nitrogen and oxygen atoms in total. The van der Waals surface area contributed by atoms with E-state index in [1.807, 2.05) is 14.1 Å². The van der Waals surface area contributed by atoms with Gasteiger partial charge in [0.15, 0.2) is 0 Å². The monoisotopic (exact) mass is 337 g/mol. The van der Waals surface area contributed by atoms with E-state index in [9.17, 15) is 9.59 Å². The third-order valence-corrected chi connectivity index (χ3v) is 4.49. The summed E-state index contributed by atoms with van der Waals surface area (Å²) in [5.74, 6) is -0.919. The van der Waals surface area contributed by atoms with Crippen LogP contribution in [0.25, 0.3) is 0 Å². The van der Waals surface area contributed by atoms with Crippen LogP contribution in [0, 0.1) is 0 Å². The van der Waals surface area contributed by atoms with Crippen LogP contribution in [0.3, 0.4) is 0 Å². The lowest BCUT2D eigenvalue weighted by Crippen LogP contribution is -2.36. The van der Waals surface area contributed by atoms with E-state index in [-0.39, 0.29) is 6.04 Å². The zero-order chi connectivity index (χ0) is 17.8. The summed E-state index contributed by atoms with van der Waals surface area (Å²) in [6.45, 7) is 1.50. The van der Waals surface area contributed by atoms with Gasteiger partial charge in [-0.05, 0) is 50.2 Å². The van der Waals surface area contributed by atoms with Crippen molar-refractivity contribution in [1.82, 2.24) is 14.8 Å². The molecule has 25 heavy (non-hydrogen) atoms. The molecule has 1 aromatic carbocycles. The highest BCUT2D eigenvalue weighted by molar-refractivity contribution is 6.42. The van der Waals surface area contributed by atoms with Crippen LogP contribution in [0.15, 0.2) is 48.8 Å². The van der Waals surface area contributed by atoms with Crippen LogP contribution in [-0.4, -0.2) is 47.1 Å². The highest BCUT2D eigenvalue weighted by atomic mass is 16.2. The van der Waals surface area contributed by atoms with Gasteiger partial charge in [0.05, 0.1) is 6.04 Å². The Bertz CT molecular complexity index is 741. The molecule has 5 heteroatoms. The first-order valence-electron chi connectivity index (χ1n) is 8.55. The second-order valence-corrected chi connectivity index (χ2v) is 6.71. The zero-order valence-corrected chi connectivity index (χ0v) is 14.7. The number of aromatic nitrogens is 1. The summed E-state index contributed by atoms with van der Waals surface area (Å²) in [6, 6.07) is 11.6. The van der Waals surface area contributed by atoms with Gasteiger partial charge in [0.25, 0.3) is 11.7 Å². The number of pyridine rings is 1. The molecule has 130 valence electrons. The lowest BCUT2D eigenvalue weighted by Gasteiger charge is -2.24. The van der Waals surface area contributed by atoms with E-state index >= 15 is 0 Å². The van der Waals surface area contributed by atoms with Crippen molar-refractivity contribution in [3.05, 3.63) is 65.5 Å². The SMILES string of the molecule is CN(C)Cc1ccc(C2CCCN2C(=O)C(=O)c2cccnc2)cc1. The Morgan fingerprint density at radius 2 is 1.96 bits per heavy atom. The van der Waals surface area contributed by atoms with Crippen LogP contribution < -0.4 is 0 Å². The van der Waals surface area contributed by atoms with E-state index < -0.39 is 11.7 Å². The van der Waals surface area contributed by atoms with Crippen LogP contribution in [-0.2, 0) is 11.3 Å². The van der Waals surface area contributed by atoms with Crippen LogP contribution in [0.1, 0.15) is 40.4 Å². The van der Waals surface area contributed by atoms with Gasteiger partial charge in [-0.2, -0.15) is 0 Å². The Morgan fingerprint density at radius 3 is 2.60 bits per heavy atom. The molecular weight excluding hydrogens is 314 g/mol. The molecule has 3 rings (SSSR count). The maximum absolute atomic E-state index is 12.7. The second kappa shape index (κ2) is 7.57. The third-order valence-electron chi connectivity index (χ3n) is 4.49. The molecule has 1 fully saturated rings. The standard InChI is InChI=1S/C20H23N3O2/c1-22(2)14-15-7-9-16(10-8-15)18-6-4-12-23(18)20(25)19(24)17-5-3-11-21-13-17/h3,5,7-11,13,18H,4,6,12,14H2,1-2H3. The highest BCUT2D eigenvalue weighted by Crippen LogP contribution is 2.32. The van der Waals surface area contributed by atoms with Gasteiger partial charge in [-0.25, -0.2) is 0 Å². The van der Waals surface area contributed by atoms with Crippen molar-refractivity contribution >= 4 is 11.7 Å². The molecule has 1 aliphatic heterocycles. The minimum Gasteiger partial charge on any atom is -0.329 e. The van der Waals surface area contributed by atoms with Crippen molar-refractivity contribution in [2.24, 2.45) is 0 Å². The van der Waals surface area contributed by atoms with Crippen molar-refractivity contribution in [1.29, 1.82) is 0 Å². The summed E-state index contributed by atoms with van der Waals surface area (Å²) in [6.07, 6.45) is 4.84. The molecule has 1 atom stereocenters. The molecule has 0 N–H and O–H groups in total. The first-order valence-corrected chi connectivity index (χ1v) is 8.55. The topological polar surface area (TPSA) is 53.5 Å². The number of likely N-dealkylation sites (tertiary alicyclic amines) is 1. The quantitative estimate of drug-likeness (QED) is 0.622. The summed E-state index contributed by atoms with van der Waals surface area (Å²) in [4.78, 5) is 32.9. The van der Waals surface area contributed by atoms with Crippen molar-refractivity contribution in [2.45, 2.75) is 25.4 Å². The number of carbonyl (C=O) groups excluding carboxylic acids is 2. The molecule has 0 saturated carbocycles. The zero-order valence-electron chi connectivity index (χ0n) is 14.7. The Balaban J connectivity index is 1.76. The maximum Gasteiger partial charge on any atom is 0.295 e. The normalized spacial score (nSPS) is 17.1. The third kappa shape index (κ3) is 3.94. The van der Waals surface area contributed by atoms with Gasteiger partial charge in [-0.1, -0.05) is 24.3 Å². The Hall–Kier alpha value is -2.53. The van der Waals surface area contributed by atoms with Gasteiger partial charge in [0.1, 0.15) is 0 Å². The molecule has 1 saturated heterocycles. The van der Waals surface area contributed by atoms with Crippen molar-refractivity contribution < 1.29 is 9.59 Å². The molecule has 2 heterocycles. The van der Waals surface area contributed by atoms with Crippen molar-refractivity contribution in [2.75, 3.05) is 20.6 Å². The Kier molecular flexibility index (Phi) is 5.24. The number of carbonyl (C=O) groups is 2. The van der Waals surface area contributed by atoms with Gasteiger partial charge in [0.2, 0.25) is 0 Å². The van der Waals surface area contributed by atoms with E-state index in [2.05, 4.69) is 34.1 Å². The first kappa shape index (κ1) is 17.3. The fraction of sp³-hybridized carbons (Fsp3) is 0.350. The summed E-state index contributed by atoms with van der Waals surface area (Å²) in [5, 5.41) is 0. The molecule has 1 aromatic heterocycles. The van der Waals surface area contributed by atoms with Crippen LogP contribution >= 0.6 is 0 Å². The van der Waals surface area contributed by atoms with Crippen LogP contribution in [0.4, 0.5) is 0 Å². The number of benzene rings is 1. The average molecular weight is 337 g/mol. The number of hydrogen-bond donors (Lipinski definition) is 0. The van der Waals surface area contributed by atoms with E-state index in [1.165, 1.54) is 11.8 Å². The smallest absolute Gasteiger partial charge is 0.295 e. The molecule has 0 spiro atoms. The average Bonchev–Trinajstić information content (AvgIpc) is 3.11. The van der Waals surface area contributed by atoms with E-state index in [1.54, 1.807) is 23.2 Å². The fourth-order valence-electron chi connectivity index (χ4n) is 3.32. The van der Waals surface area contributed by atoms with Gasteiger partial charge in [-0.15, -0.1) is 0 Å². The predicted octanol–water partition coefficient (Wildman–Crippen LogP) is 2.69. The molecule has 1 aliphatic rings. The molecule has 1 unspecified atom stereocenters. The lowest BCUT2D eigenvalue weighted by molar-refractivity contribution is -0.127. The van der Waals surface area contributed by atoms with E-state index in [0.29, 0.717) is 12.1 Å². The maximum atomic E-state index is 12.7. The first-order chi connectivity index (χ1) is 12.1. The van der Waals surface area contributed by atoms with Gasteiger partial charge < -0.3 is 9.80 Å². The predicted molar refractivity (Wildman–Crippen MR) is 96.1 cm³/mol. The molecule has 0 radical (unpaired) electrons. The second-order valence-electron chi connectivity index (χ2n) is 6.71. The Morgan fingerprint density at radius 1 is 1.20 bits per heavy atom. The summed E-state index contributed by atoms with van der Waals surface area (Å²) < 4.78 is 0. The number of Topliss-reactive ketones (excluding diaryl/α,β-unsaturated/α-hetero) is 1. The number of nitrogens with zero attached hydrogens (tertiary/aromatic N) is 3. The summed E-state index contributed by atoms with van der Waals surface area (Å²) in [7, 11) is 4.07. The summed E-state index contributed by atoms with van der Waals surface area (Å²) in [5.41, 5.74) is 2.67. The van der Waals surface area contributed by atoms with Crippen molar-refractivity contribution in [3.63, 3.8) is 0 Å². The number of hydrogen-bond acceptors (Lipinski definition) is 4. The van der Waals surface area contributed by atoms with E-state index in [0.717, 1.165) is 24.9 Å². The highest BCUT2D eigenvalue weighted by Gasteiger charge is 2.33. The van der Waals surface area contributed by atoms with Crippen LogP contribution in [0.5, 0.6) is 0 Å². The van der Waals surface area contributed by atoms with E-state index in [4.69, 9.17) is 0 Å². The molecule has 2 aromatic rings. The molecule has 1 amide bonds. The summed E-state index contributed by atoms with van der Waals surface area (Å²) >= 11 is 0. The van der Waals surface area contributed by atoms with Crippen LogP contribution in [0.2, 0.25) is 0 Å². The van der Waals surface area contributed by atoms with Crippen molar-refractivity contribution in [3.8, 4) is 0 Å². The Labute approximate surface area is 148 Å². The fourth-order valence-corrected chi connectivity index (χ4v) is 3.32. The van der Waals surface area contributed by atoms with Gasteiger partial charge >= 0.3 is 0 Å². The molecule has 0 aliphatic carbocycles. The minimum atomic E-state index is -0.482. The molecule has 0 bridgehead atoms. The largest absolute Gasteiger partial charge is 0.329 e. The number of amides is 1. The van der Waals surface area contributed by atoms with Gasteiger partial charge in [-0.3, -0.25) is 14.6 Å². The van der Waals surface area contributed by atoms with Gasteiger partial charge in [0, 0.05) is 31.0 Å². The number of ketones is 1. The number of rotatable bonds is 5. The lowest BCUT2D eigenvalue weighted by atomic mass is 10.0. The minimum absolute atomic E-state index is 0.0264.